The van der Waals surface area contributed by atoms with Crippen LogP contribution in [0.15, 0.2) is 0 Å². The fraction of sp³-hybridized carbons (Fsp3) is 1.00. The summed E-state index contributed by atoms with van der Waals surface area (Å²) in [4.78, 5) is 0. The number of hydrogen-bond acceptors (Lipinski definition) is 3. The first-order valence-electron chi connectivity index (χ1n) is 5.60. The smallest absolute Gasteiger partial charge is 0.0281 e. The third kappa shape index (κ3) is 2.22. The van der Waals surface area contributed by atoms with Gasteiger partial charge in [-0.25, -0.2) is 5.01 Å². The van der Waals surface area contributed by atoms with Crippen LogP contribution in [0.5, 0.6) is 0 Å². The SMILES string of the molecule is NN1CCCCC2CNCCCC21. The van der Waals surface area contributed by atoms with Gasteiger partial charge in [0.05, 0.1) is 0 Å². The lowest BCUT2D eigenvalue weighted by atomic mass is 9.93. The molecule has 0 radical (unpaired) electrons. The Balaban J connectivity index is 2.03. The Bertz CT molecular complexity index is 158. The van der Waals surface area contributed by atoms with Crippen LogP contribution < -0.4 is 11.2 Å². The molecule has 2 heterocycles. The molecular weight excluding hydrogens is 162 g/mol. The molecule has 3 heteroatoms. The monoisotopic (exact) mass is 183 g/mol. The molecule has 76 valence electrons. The molecule has 0 aliphatic carbocycles. The largest absolute Gasteiger partial charge is 0.316 e. The van der Waals surface area contributed by atoms with Crippen molar-refractivity contribution in [3.63, 3.8) is 0 Å². The molecule has 2 rings (SSSR count). The van der Waals surface area contributed by atoms with Gasteiger partial charge in [-0.15, -0.1) is 0 Å². The first-order valence-corrected chi connectivity index (χ1v) is 5.60. The van der Waals surface area contributed by atoms with Crippen molar-refractivity contribution in [3.8, 4) is 0 Å². The fourth-order valence-electron chi connectivity index (χ4n) is 2.69. The Kier molecular flexibility index (Phi) is 3.19. The van der Waals surface area contributed by atoms with Gasteiger partial charge < -0.3 is 5.32 Å². The van der Waals surface area contributed by atoms with E-state index in [0.29, 0.717) is 6.04 Å². The Morgan fingerprint density at radius 2 is 2.08 bits per heavy atom. The highest BCUT2D eigenvalue weighted by molar-refractivity contribution is 4.83. The molecule has 2 fully saturated rings. The molecule has 2 aliphatic rings. The normalized spacial score (nSPS) is 37.6. The summed E-state index contributed by atoms with van der Waals surface area (Å²) in [5.41, 5.74) is 0. The molecule has 0 aromatic rings. The van der Waals surface area contributed by atoms with E-state index >= 15 is 0 Å². The van der Waals surface area contributed by atoms with Crippen molar-refractivity contribution >= 4 is 0 Å². The Labute approximate surface area is 80.6 Å². The minimum atomic E-state index is 0.650. The lowest BCUT2D eigenvalue weighted by Crippen LogP contribution is -2.45. The van der Waals surface area contributed by atoms with Crippen molar-refractivity contribution in [2.45, 2.75) is 38.1 Å². The maximum absolute atomic E-state index is 6.06. The molecule has 0 bridgehead atoms. The molecule has 3 N–H and O–H groups in total. The zero-order valence-corrected chi connectivity index (χ0v) is 8.34. The fourth-order valence-corrected chi connectivity index (χ4v) is 2.69. The van der Waals surface area contributed by atoms with Crippen LogP contribution in [-0.4, -0.2) is 30.7 Å². The Morgan fingerprint density at radius 3 is 3.00 bits per heavy atom. The highest BCUT2D eigenvalue weighted by atomic mass is 15.4. The number of nitrogens with zero attached hydrogens (tertiary/aromatic N) is 1. The van der Waals surface area contributed by atoms with E-state index < -0.39 is 0 Å². The summed E-state index contributed by atoms with van der Waals surface area (Å²) in [5, 5.41) is 5.61. The van der Waals surface area contributed by atoms with Gasteiger partial charge in [-0.3, -0.25) is 5.84 Å². The quantitative estimate of drug-likeness (QED) is 0.544. The Hall–Kier alpha value is -0.120. The predicted octanol–water partition coefficient (Wildman–Crippen LogP) is 0.714. The summed E-state index contributed by atoms with van der Waals surface area (Å²) in [7, 11) is 0. The lowest BCUT2D eigenvalue weighted by molar-refractivity contribution is 0.154. The van der Waals surface area contributed by atoms with Crippen LogP contribution in [0, 0.1) is 5.92 Å². The van der Waals surface area contributed by atoms with Crippen molar-refractivity contribution in [1.82, 2.24) is 10.3 Å². The first-order chi connectivity index (χ1) is 6.38. The second kappa shape index (κ2) is 4.40. The van der Waals surface area contributed by atoms with Gasteiger partial charge >= 0.3 is 0 Å². The van der Waals surface area contributed by atoms with Gasteiger partial charge in [0.15, 0.2) is 0 Å². The molecule has 0 spiro atoms. The van der Waals surface area contributed by atoms with Crippen LogP contribution in [0.25, 0.3) is 0 Å². The first kappa shape index (κ1) is 9.44. The zero-order chi connectivity index (χ0) is 9.10. The molecule has 3 nitrogen and oxygen atoms in total. The molecule has 2 atom stereocenters. The van der Waals surface area contributed by atoms with Crippen molar-refractivity contribution in [3.05, 3.63) is 0 Å². The van der Waals surface area contributed by atoms with Crippen molar-refractivity contribution in [2.24, 2.45) is 11.8 Å². The molecule has 2 unspecified atom stereocenters. The van der Waals surface area contributed by atoms with E-state index in [4.69, 9.17) is 5.84 Å². The van der Waals surface area contributed by atoms with Crippen LogP contribution in [0.1, 0.15) is 32.1 Å². The summed E-state index contributed by atoms with van der Waals surface area (Å²) in [6.45, 7) is 3.46. The molecule has 0 aromatic carbocycles. The molecular formula is C10H21N3. The van der Waals surface area contributed by atoms with Crippen LogP contribution >= 0.6 is 0 Å². The topological polar surface area (TPSA) is 41.3 Å². The highest BCUT2D eigenvalue weighted by Gasteiger charge is 2.28. The van der Waals surface area contributed by atoms with E-state index in [1.807, 2.05) is 0 Å². The molecule has 0 amide bonds. The van der Waals surface area contributed by atoms with Gasteiger partial charge in [0.1, 0.15) is 0 Å². The van der Waals surface area contributed by atoms with Gasteiger partial charge in [-0.2, -0.15) is 0 Å². The van der Waals surface area contributed by atoms with Crippen LogP contribution in [0.4, 0.5) is 0 Å². The van der Waals surface area contributed by atoms with E-state index in [-0.39, 0.29) is 0 Å². The third-order valence-electron chi connectivity index (χ3n) is 3.47. The number of nitrogens with one attached hydrogen (secondary N) is 1. The van der Waals surface area contributed by atoms with Crippen molar-refractivity contribution in [1.29, 1.82) is 0 Å². The van der Waals surface area contributed by atoms with Gasteiger partial charge in [0.2, 0.25) is 0 Å². The van der Waals surface area contributed by atoms with E-state index in [9.17, 15) is 0 Å². The van der Waals surface area contributed by atoms with Crippen molar-refractivity contribution in [2.75, 3.05) is 19.6 Å². The lowest BCUT2D eigenvalue weighted by Gasteiger charge is -2.29. The minimum Gasteiger partial charge on any atom is -0.316 e. The molecule has 2 aliphatic heterocycles. The van der Waals surface area contributed by atoms with Crippen molar-refractivity contribution < 1.29 is 0 Å². The van der Waals surface area contributed by atoms with Gasteiger partial charge in [-0.1, -0.05) is 6.42 Å². The maximum atomic E-state index is 6.06. The van der Waals surface area contributed by atoms with Gasteiger partial charge in [0.25, 0.3) is 0 Å². The summed E-state index contributed by atoms with van der Waals surface area (Å²) in [6, 6.07) is 0.650. The maximum Gasteiger partial charge on any atom is 0.0281 e. The number of hydrogen-bond donors (Lipinski definition) is 2. The molecule has 0 saturated carbocycles. The second-order valence-electron chi connectivity index (χ2n) is 4.41. The highest BCUT2D eigenvalue weighted by Crippen LogP contribution is 2.25. The molecule has 0 aromatic heterocycles. The average molecular weight is 183 g/mol. The zero-order valence-electron chi connectivity index (χ0n) is 8.34. The molecule has 2 saturated heterocycles. The minimum absolute atomic E-state index is 0.650. The number of rotatable bonds is 0. The second-order valence-corrected chi connectivity index (χ2v) is 4.41. The van der Waals surface area contributed by atoms with Gasteiger partial charge in [-0.05, 0) is 44.7 Å². The number of hydrazine groups is 1. The Morgan fingerprint density at radius 1 is 1.15 bits per heavy atom. The summed E-state index contributed by atoms with van der Waals surface area (Å²) in [6.07, 6.45) is 6.58. The number of nitrogens with two attached hydrogens (primary N) is 1. The van der Waals surface area contributed by atoms with Crippen LogP contribution in [0.3, 0.4) is 0 Å². The van der Waals surface area contributed by atoms with Gasteiger partial charge in [0, 0.05) is 12.6 Å². The summed E-state index contributed by atoms with van der Waals surface area (Å²) >= 11 is 0. The third-order valence-corrected chi connectivity index (χ3v) is 3.47. The molecule has 13 heavy (non-hydrogen) atoms. The summed E-state index contributed by atoms with van der Waals surface area (Å²) in [5.74, 6) is 6.87. The van der Waals surface area contributed by atoms with E-state index in [2.05, 4.69) is 10.3 Å². The predicted molar refractivity (Wildman–Crippen MR) is 54.1 cm³/mol. The van der Waals surface area contributed by atoms with E-state index in [1.165, 1.54) is 45.2 Å². The van der Waals surface area contributed by atoms with E-state index in [1.54, 1.807) is 0 Å². The summed E-state index contributed by atoms with van der Waals surface area (Å²) < 4.78 is 0. The van der Waals surface area contributed by atoms with Crippen LogP contribution in [-0.2, 0) is 0 Å². The van der Waals surface area contributed by atoms with Crippen LogP contribution in [0.2, 0.25) is 0 Å². The van der Waals surface area contributed by atoms with E-state index in [0.717, 1.165) is 12.5 Å². The number of fused-ring (bicyclic) bond motifs is 1. The standard InChI is InChI=1S/C10H21N3/c11-13-7-2-1-4-9-8-12-6-3-5-10(9)13/h9-10,12H,1-8,11H2. The average Bonchev–Trinajstić information content (AvgIpc) is 2.43.